The number of rotatable bonds is 1. The first kappa shape index (κ1) is 9.47. The van der Waals surface area contributed by atoms with Crippen LogP contribution in [-0.4, -0.2) is 14.5 Å². The van der Waals surface area contributed by atoms with Crippen LogP contribution in [0.3, 0.4) is 0 Å². The molecule has 0 fully saturated rings. The summed E-state index contributed by atoms with van der Waals surface area (Å²) in [5.41, 5.74) is 2.08. The Morgan fingerprint density at radius 3 is 2.94 bits per heavy atom. The maximum atomic E-state index is 13.5. The van der Waals surface area contributed by atoms with Crippen molar-refractivity contribution >= 4 is 22.5 Å². The normalized spacial score (nSPS) is 11.1. The fourth-order valence-corrected chi connectivity index (χ4v) is 2.38. The van der Waals surface area contributed by atoms with Crippen LogP contribution < -0.4 is 0 Å². The minimum Gasteiger partial charge on any atom is -0.326 e. The zero-order chi connectivity index (χ0) is 11.1. The highest BCUT2D eigenvalue weighted by Gasteiger charge is 2.14. The van der Waals surface area contributed by atoms with E-state index in [0.29, 0.717) is 17.0 Å². The summed E-state index contributed by atoms with van der Waals surface area (Å²) >= 11 is 1.33. The van der Waals surface area contributed by atoms with Crippen LogP contribution in [-0.2, 0) is 7.05 Å². The first-order valence-electron chi connectivity index (χ1n) is 4.77. The van der Waals surface area contributed by atoms with Crippen molar-refractivity contribution in [3.05, 3.63) is 34.9 Å². The number of imidazole rings is 1. The summed E-state index contributed by atoms with van der Waals surface area (Å²) in [4.78, 5) is 8.49. The average Bonchev–Trinajstić information content (AvgIpc) is 2.84. The van der Waals surface area contributed by atoms with E-state index in [4.69, 9.17) is 0 Å². The smallest absolute Gasteiger partial charge is 0.178 e. The summed E-state index contributed by atoms with van der Waals surface area (Å²) in [6, 6.07) is 3.76. The van der Waals surface area contributed by atoms with Gasteiger partial charge in [-0.3, -0.25) is 0 Å². The second-order valence-corrected chi connectivity index (χ2v) is 4.22. The zero-order valence-corrected chi connectivity index (χ0v) is 9.33. The van der Waals surface area contributed by atoms with Gasteiger partial charge in [-0.1, -0.05) is 0 Å². The molecule has 0 N–H and O–H groups in total. The van der Waals surface area contributed by atoms with Gasteiger partial charge in [0.15, 0.2) is 5.65 Å². The van der Waals surface area contributed by atoms with Gasteiger partial charge in [0.05, 0.1) is 11.1 Å². The summed E-state index contributed by atoms with van der Waals surface area (Å²) in [6.45, 7) is 0. The van der Waals surface area contributed by atoms with E-state index in [1.165, 1.54) is 16.7 Å². The van der Waals surface area contributed by atoms with Gasteiger partial charge >= 0.3 is 0 Å². The van der Waals surface area contributed by atoms with Crippen molar-refractivity contribution in [2.75, 3.05) is 0 Å². The van der Waals surface area contributed by atoms with E-state index >= 15 is 0 Å². The minimum atomic E-state index is -0.233. The van der Waals surface area contributed by atoms with Crippen molar-refractivity contribution in [3.8, 4) is 11.4 Å². The van der Waals surface area contributed by atoms with E-state index in [1.54, 1.807) is 11.6 Å². The van der Waals surface area contributed by atoms with Gasteiger partial charge in [-0.05, 0) is 12.1 Å². The van der Waals surface area contributed by atoms with Crippen LogP contribution in [0.2, 0.25) is 0 Å². The number of fused-ring (bicyclic) bond motifs is 1. The predicted octanol–water partition coefficient (Wildman–Crippen LogP) is 2.84. The molecule has 0 saturated carbocycles. The molecule has 0 amide bonds. The van der Waals surface area contributed by atoms with E-state index in [2.05, 4.69) is 9.97 Å². The van der Waals surface area contributed by atoms with Gasteiger partial charge in [0.25, 0.3) is 0 Å². The SMILES string of the molecule is Cn1c(-c2cscc2F)nc2ncccc21. The Morgan fingerprint density at radius 1 is 1.38 bits per heavy atom. The van der Waals surface area contributed by atoms with Gasteiger partial charge < -0.3 is 4.57 Å². The highest BCUT2D eigenvalue weighted by Crippen LogP contribution is 2.27. The number of hydrogen-bond acceptors (Lipinski definition) is 3. The predicted molar refractivity (Wildman–Crippen MR) is 61.8 cm³/mol. The molecule has 0 unspecified atom stereocenters. The van der Waals surface area contributed by atoms with E-state index in [0.717, 1.165) is 5.52 Å². The van der Waals surface area contributed by atoms with Gasteiger partial charge in [-0.25, -0.2) is 14.4 Å². The molecular weight excluding hydrogens is 225 g/mol. The molecule has 0 radical (unpaired) electrons. The molecule has 0 spiro atoms. The van der Waals surface area contributed by atoms with Crippen LogP contribution in [0, 0.1) is 5.82 Å². The van der Waals surface area contributed by atoms with Gasteiger partial charge in [0.1, 0.15) is 11.6 Å². The van der Waals surface area contributed by atoms with Crippen molar-refractivity contribution < 1.29 is 4.39 Å². The first-order valence-corrected chi connectivity index (χ1v) is 5.71. The molecule has 16 heavy (non-hydrogen) atoms. The third-order valence-corrected chi connectivity index (χ3v) is 3.23. The molecule has 3 heterocycles. The van der Waals surface area contributed by atoms with Crippen LogP contribution in [0.1, 0.15) is 0 Å². The fraction of sp³-hybridized carbons (Fsp3) is 0.0909. The van der Waals surface area contributed by atoms with E-state index in [1.807, 2.05) is 23.7 Å². The number of halogens is 1. The molecule has 0 atom stereocenters. The molecule has 3 aromatic heterocycles. The zero-order valence-electron chi connectivity index (χ0n) is 8.51. The van der Waals surface area contributed by atoms with E-state index in [-0.39, 0.29) is 5.82 Å². The van der Waals surface area contributed by atoms with Crippen molar-refractivity contribution in [3.63, 3.8) is 0 Å². The second-order valence-electron chi connectivity index (χ2n) is 3.47. The highest BCUT2D eigenvalue weighted by molar-refractivity contribution is 7.08. The summed E-state index contributed by atoms with van der Waals surface area (Å²) in [7, 11) is 1.86. The summed E-state index contributed by atoms with van der Waals surface area (Å²) < 4.78 is 15.3. The van der Waals surface area contributed by atoms with Crippen molar-refractivity contribution in [1.82, 2.24) is 14.5 Å². The Kier molecular flexibility index (Phi) is 2.00. The van der Waals surface area contributed by atoms with E-state index < -0.39 is 0 Å². The molecular formula is C11H8FN3S. The van der Waals surface area contributed by atoms with Crippen LogP contribution >= 0.6 is 11.3 Å². The number of aromatic nitrogens is 3. The minimum absolute atomic E-state index is 0.233. The maximum absolute atomic E-state index is 13.5. The topological polar surface area (TPSA) is 30.7 Å². The second kappa shape index (κ2) is 3.38. The van der Waals surface area contributed by atoms with Gasteiger partial charge in [-0.2, -0.15) is 0 Å². The molecule has 0 aromatic carbocycles. The lowest BCUT2D eigenvalue weighted by atomic mass is 10.3. The fourth-order valence-electron chi connectivity index (χ4n) is 1.71. The van der Waals surface area contributed by atoms with E-state index in [9.17, 15) is 4.39 Å². The van der Waals surface area contributed by atoms with Crippen LogP contribution in [0.25, 0.3) is 22.6 Å². The largest absolute Gasteiger partial charge is 0.326 e. The highest BCUT2D eigenvalue weighted by atomic mass is 32.1. The third kappa shape index (κ3) is 1.25. The maximum Gasteiger partial charge on any atom is 0.178 e. The van der Waals surface area contributed by atoms with Crippen LogP contribution in [0.5, 0.6) is 0 Å². The standard InChI is InChI=1S/C11H8FN3S/c1-15-9-3-2-4-13-10(9)14-11(15)7-5-16-6-8(7)12/h2-6H,1H3. The van der Waals surface area contributed by atoms with Crippen LogP contribution in [0.15, 0.2) is 29.1 Å². The number of aryl methyl sites for hydroxylation is 1. The average molecular weight is 233 g/mol. The third-order valence-electron chi connectivity index (χ3n) is 2.51. The number of thiophene rings is 1. The Hall–Kier alpha value is -1.75. The molecule has 0 aliphatic carbocycles. The molecule has 5 heteroatoms. The monoisotopic (exact) mass is 233 g/mol. The lowest BCUT2D eigenvalue weighted by Gasteiger charge is -1.99. The number of hydrogen-bond donors (Lipinski definition) is 0. The van der Waals surface area contributed by atoms with Gasteiger partial charge in [0.2, 0.25) is 0 Å². The molecule has 0 bridgehead atoms. The number of nitrogens with zero attached hydrogens (tertiary/aromatic N) is 3. The van der Waals surface area contributed by atoms with Crippen molar-refractivity contribution in [2.45, 2.75) is 0 Å². The summed E-state index contributed by atoms with van der Waals surface area (Å²) in [5, 5.41) is 3.23. The van der Waals surface area contributed by atoms with Crippen molar-refractivity contribution in [1.29, 1.82) is 0 Å². The molecule has 3 aromatic rings. The quantitative estimate of drug-likeness (QED) is 0.647. The number of pyridine rings is 1. The van der Waals surface area contributed by atoms with Gasteiger partial charge in [0, 0.05) is 24.0 Å². The molecule has 0 saturated heterocycles. The Bertz CT molecular complexity index is 656. The Balaban J connectivity index is 2.33. The molecule has 3 nitrogen and oxygen atoms in total. The molecule has 0 aliphatic heterocycles. The first-order chi connectivity index (χ1) is 7.77. The summed E-state index contributed by atoms with van der Waals surface area (Å²) in [5.74, 6) is 0.385. The van der Waals surface area contributed by atoms with Crippen LogP contribution in [0.4, 0.5) is 4.39 Å². The molecule has 3 rings (SSSR count). The summed E-state index contributed by atoms with van der Waals surface area (Å²) in [6.07, 6.45) is 1.68. The van der Waals surface area contributed by atoms with Crippen molar-refractivity contribution in [2.24, 2.45) is 7.05 Å². The van der Waals surface area contributed by atoms with Gasteiger partial charge in [-0.15, -0.1) is 11.3 Å². The lowest BCUT2D eigenvalue weighted by Crippen LogP contribution is -1.92. The Labute approximate surface area is 95.2 Å². The lowest BCUT2D eigenvalue weighted by molar-refractivity contribution is 0.634. The Morgan fingerprint density at radius 2 is 2.25 bits per heavy atom. The molecule has 0 aliphatic rings. The molecule has 80 valence electrons.